The molecule has 2 aliphatic heterocycles. The fourth-order valence-electron chi connectivity index (χ4n) is 3.75. The first-order valence-electron chi connectivity index (χ1n) is 8.39. The second-order valence-electron chi connectivity index (χ2n) is 6.41. The van der Waals surface area contributed by atoms with Crippen LogP contribution in [0, 0.1) is 0 Å². The number of carbonyl (C=O) groups is 1. The van der Waals surface area contributed by atoms with E-state index in [0.29, 0.717) is 12.0 Å². The van der Waals surface area contributed by atoms with E-state index in [4.69, 9.17) is 0 Å². The molecule has 0 aliphatic carbocycles. The molecule has 2 unspecified atom stereocenters. The van der Waals surface area contributed by atoms with Gasteiger partial charge < -0.3 is 10.2 Å². The number of sulfone groups is 1. The predicted molar refractivity (Wildman–Crippen MR) is 89.3 cm³/mol. The molecule has 2 atom stereocenters. The van der Waals surface area contributed by atoms with E-state index in [1.165, 1.54) is 0 Å². The highest BCUT2D eigenvalue weighted by Gasteiger charge is 2.39. The number of hydrogen-bond acceptors (Lipinski definition) is 4. The molecule has 23 heavy (non-hydrogen) atoms. The average Bonchev–Trinajstić information content (AvgIpc) is 2.79. The Kier molecular flexibility index (Phi) is 4.73. The van der Waals surface area contributed by atoms with E-state index in [2.05, 4.69) is 5.32 Å². The van der Waals surface area contributed by atoms with Crippen molar-refractivity contribution in [1.29, 1.82) is 0 Å². The van der Waals surface area contributed by atoms with Crippen LogP contribution in [0.1, 0.15) is 43.0 Å². The van der Waals surface area contributed by atoms with E-state index in [1.807, 2.05) is 11.8 Å². The molecular weight excluding hydrogens is 312 g/mol. The fourth-order valence-corrected chi connectivity index (χ4v) is 5.28. The van der Waals surface area contributed by atoms with Gasteiger partial charge in [0.15, 0.2) is 9.84 Å². The summed E-state index contributed by atoms with van der Waals surface area (Å²) in [6, 6.07) is 7.06. The number of nitrogens with zero attached hydrogens (tertiary/aromatic N) is 1. The summed E-state index contributed by atoms with van der Waals surface area (Å²) in [7, 11) is -3.41. The molecule has 2 fully saturated rings. The highest BCUT2D eigenvalue weighted by molar-refractivity contribution is 7.91. The second kappa shape index (κ2) is 6.61. The van der Waals surface area contributed by atoms with Crippen molar-refractivity contribution in [2.75, 3.05) is 18.8 Å². The summed E-state index contributed by atoms with van der Waals surface area (Å²) in [5, 5.41) is 3.37. The van der Waals surface area contributed by atoms with Crippen molar-refractivity contribution in [1.82, 2.24) is 10.2 Å². The smallest absolute Gasteiger partial charge is 0.255 e. The third-order valence-corrected chi connectivity index (χ3v) is 6.79. The SMILES string of the molecule is CCCS(=O)(=O)c1ccccc1C(=O)N1C2CCNCC1CC2. The third kappa shape index (κ3) is 3.15. The van der Waals surface area contributed by atoms with Gasteiger partial charge in [-0.1, -0.05) is 19.1 Å². The number of benzene rings is 1. The molecule has 5 nitrogen and oxygen atoms in total. The minimum atomic E-state index is -3.41. The molecule has 2 aliphatic rings. The molecule has 2 bridgehead atoms. The van der Waals surface area contributed by atoms with Crippen LogP contribution < -0.4 is 5.32 Å². The quantitative estimate of drug-likeness (QED) is 0.911. The maximum atomic E-state index is 13.1. The van der Waals surface area contributed by atoms with Crippen LogP contribution in [-0.2, 0) is 9.84 Å². The van der Waals surface area contributed by atoms with Gasteiger partial charge in [0, 0.05) is 18.6 Å². The molecule has 1 N–H and O–H groups in total. The number of nitrogens with one attached hydrogen (secondary N) is 1. The lowest BCUT2D eigenvalue weighted by atomic mass is 10.1. The van der Waals surface area contributed by atoms with Crippen molar-refractivity contribution < 1.29 is 13.2 Å². The van der Waals surface area contributed by atoms with E-state index in [0.717, 1.165) is 32.4 Å². The Labute approximate surface area is 138 Å². The number of amides is 1. The molecule has 1 amide bonds. The molecule has 6 heteroatoms. The first-order chi connectivity index (χ1) is 11.0. The van der Waals surface area contributed by atoms with Crippen LogP contribution >= 0.6 is 0 Å². The van der Waals surface area contributed by atoms with E-state index in [1.54, 1.807) is 24.3 Å². The van der Waals surface area contributed by atoms with Crippen LogP contribution in [-0.4, -0.2) is 50.2 Å². The third-order valence-electron chi connectivity index (χ3n) is 4.81. The zero-order valence-electron chi connectivity index (χ0n) is 13.5. The van der Waals surface area contributed by atoms with Crippen LogP contribution in [0.3, 0.4) is 0 Å². The Morgan fingerprint density at radius 3 is 2.74 bits per heavy atom. The molecule has 1 aromatic carbocycles. The molecule has 0 spiro atoms. The Morgan fingerprint density at radius 1 is 1.22 bits per heavy atom. The van der Waals surface area contributed by atoms with Gasteiger partial charge in [-0.3, -0.25) is 4.79 Å². The maximum absolute atomic E-state index is 13.1. The standard InChI is InChI=1S/C17H24N2O3S/c1-2-11-23(21,22)16-6-4-3-5-15(16)17(20)19-13-7-8-14(19)12-18-10-9-13/h3-6,13-14,18H,2,7-12H2,1H3. The van der Waals surface area contributed by atoms with Crippen LogP contribution in [0.25, 0.3) is 0 Å². The van der Waals surface area contributed by atoms with Gasteiger partial charge in [0.2, 0.25) is 0 Å². The topological polar surface area (TPSA) is 66.5 Å². The number of fused-ring (bicyclic) bond motifs is 2. The lowest BCUT2D eigenvalue weighted by molar-refractivity contribution is 0.0676. The molecule has 2 heterocycles. The molecule has 0 radical (unpaired) electrons. The minimum absolute atomic E-state index is 0.0751. The van der Waals surface area contributed by atoms with Crippen LogP contribution in [0.4, 0.5) is 0 Å². The molecule has 1 aromatic rings. The minimum Gasteiger partial charge on any atom is -0.331 e. The van der Waals surface area contributed by atoms with Gasteiger partial charge in [-0.2, -0.15) is 0 Å². The Hall–Kier alpha value is -1.40. The van der Waals surface area contributed by atoms with Gasteiger partial charge in [-0.05, 0) is 44.4 Å². The van der Waals surface area contributed by atoms with E-state index < -0.39 is 9.84 Å². The summed E-state index contributed by atoms with van der Waals surface area (Å²) in [6.45, 7) is 3.55. The summed E-state index contributed by atoms with van der Waals surface area (Å²) in [4.78, 5) is 15.2. The molecular formula is C17H24N2O3S. The fraction of sp³-hybridized carbons (Fsp3) is 0.588. The molecule has 0 saturated carbocycles. The van der Waals surface area contributed by atoms with Crippen molar-refractivity contribution in [3.8, 4) is 0 Å². The summed E-state index contributed by atoms with van der Waals surface area (Å²) < 4.78 is 25.0. The highest BCUT2D eigenvalue weighted by Crippen LogP contribution is 2.31. The first-order valence-corrected chi connectivity index (χ1v) is 10.0. The molecule has 3 rings (SSSR count). The predicted octanol–water partition coefficient (Wildman–Crippen LogP) is 1.84. The van der Waals surface area contributed by atoms with Crippen molar-refractivity contribution in [3.63, 3.8) is 0 Å². The summed E-state index contributed by atoms with van der Waals surface area (Å²) in [5.41, 5.74) is 0.333. The van der Waals surface area contributed by atoms with Gasteiger partial charge in [0.25, 0.3) is 5.91 Å². The van der Waals surface area contributed by atoms with Gasteiger partial charge >= 0.3 is 0 Å². The van der Waals surface area contributed by atoms with Gasteiger partial charge in [-0.15, -0.1) is 0 Å². The number of rotatable bonds is 4. The number of carbonyl (C=O) groups excluding carboxylic acids is 1. The van der Waals surface area contributed by atoms with Crippen LogP contribution in [0.2, 0.25) is 0 Å². The zero-order valence-corrected chi connectivity index (χ0v) is 14.3. The molecule has 0 aromatic heterocycles. The number of hydrogen-bond donors (Lipinski definition) is 1. The second-order valence-corrected chi connectivity index (χ2v) is 8.48. The lowest BCUT2D eigenvalue weighted by Gasteiger charge is -2.28. The van der Waals surface area contributed by atoms with Crippen molar-refractivity contribution in [2.45, 2.75) is 49.6 Å². The highest BCUT2D eigenvalue weighted by atomic mass is 32.2. The summed E-state index contributed by atoms with van der Waals surface area (Å²) in [6.07, 6.45) is 3.49. The lowest BCUT2D eigenvalue weighted by Crippen LogP contribution is -2.43. The summed E-state index contributed by atoms with van der Waals surface area (Å²) >= 11 is 0. The Morgan fingerprint density at radius 2 is 1.96 bits per heavy atom. The zero-order chi connectivity index (χ0) is 16.4. The largest absolute Gasteiger partial charge is 0.331 e. The Balaban J connectivity index is 1.97. The van der Waals surface area contributed by atoms with E-state index in [9.17, 15) is 13.2 Å². The maximum Gasteiger partial charge on any atom is 0.255 e. The van der Waals surface area contributed by atoms with Crippen molar-refractivity contribution in [3.05, 3.63) is 29.8 Å². The van der Waals surface area contributed by atoms with Crippen molar-refractivity contribution >= 4 is 15.7 Å². The Bertz CT molecular complexity index is 673. The van der Waals surface area contributed by atoms with Crippen molar-refractivity contribution in [2.24, 2.45) is 0 Å². The summed E-state index contributed by atoms with van der Waals surface area (Å²) in [5.74, 6) is -0.0532. The normalized spacial score (nSPS) is 24.5. The molecule has 126 valence electrons. The monoisotopic (exact) mass is 336 g/mol. The van der Waals surface area contributed by atoms with Gasteiger partial charge in [0.05, 0.1) is 16.2 Å². The first kappa shape index (κ1) is 16.5. The average molecular weight is 336 g/mol. The van der Waals surface area contributed by atoms with Crippen LogP contribution in [0.15, 0.2) is 29.2 Å². The van der Waals surface area contributed by atoms with E-state index in [-0.39, 0.29) is 28.6 Å². The van der Waals surface area contributed by atoms with E-state index >= 15 is 0 Å². The van der Waals surface area contributed by atoms with Gasteiger partial charge in [-0.25, -0.2) is 8.42 Å². The van der Waals surface area contributed by atoms with Crippen LogP contribution in [0.5, 0.6) is 0 Å². The van der Waals surface area contributed by atoms with Gasteiger partial charge in [0.1, 0.15) is 0 Å². The molecule has 2 saturated heterocycles.